The molecule has 1 rings (SSSR count). The number of thiocarbonyl (C=S) groups is 1. The van der Waals surface area contributed by atoms with Crippen molar-refractivity contribution in [3.05, 3.63) is 29.8 Å². The third-order valence-corrected chi connectivity index (χ3v) is 4.20. The van der Waals surface area contributed by atoms with Gasteiger partial charge in [0.05, 0.1) is 11.6 Å². The lowest BCUT2D eigenvalue weighted by Crippen LogP contribution is -2.01. The molecule has 1 atom stereocenters. The summed E-state index contributed by atoms with van der Waals surface area (Å²) in [6.07, 6.45) is 0.293. The molecule has 0 saturated carbocycles. The highest BCUT2D eigenvalue weighted by Crippen LogP contribution is 2.45. The minimum absolute atomic E-state index is 0.0186. The van der Waals surface area contributed by atoms with Gasteiger partial charge >= 0.3 is 7.60 Å². The van der Waals surface area contributed by atoms with E-state index >= 15 is 0 Å². The fourth-order valence-corrected chi connectivity index (χ4v) is 2.03. The molecule has 4 nitrogen and oxygen atoms in total. The van der Waals surface area contributed by atoms with Crippen LogP contribution in [0.25, 0.3) is 0 Å². The number of benzene rings is 1. The van der Waals surface area contributed by atoms with Crippen LogP contribution in [-0.4, -0.2) is 9.50 Å². The predicted octanol–water partition coefficient (Wildman–Crippen LogP) is 2.86. The molecule has 1 N–H and O–H groups in total. The Morgan fingerprint density at radius 2 is 2.38 bits per heavy atom. The fraction of sp³-hybridized carbons (Fsp3) is 0.200. The van der Waals surface area contributed by atoms with Gasteiger partial charge in [-0.1, -0.05) is 25.2 Å². The number of nitriles is 1. The SMILES string of the molecule is CCC(=S)P(=O)(O)Oc1cccc(C#N)c1. The van der Waals surface area contributed by atoms with Crippen LogP contribution in [0.1, 0.15) is 18.9 Å². The largest absolute Gasteiger partial charge is 0.421 e. The monoisotopic (exact) mass is 255 g/mol. The first-order valence-corrected chi connectivity index (χ1v) is 6.54. The summed E-state index contributed by atoms with van der Waals surface area (Å²) in [5.74, 6) is 0.167. The molecule has 0 amide bonds. The summed E-state index contributed by atoms with van der Waals surface area (Å²) in [5, 5.41) is 8.65. The van der Waals surface area contributed by atoms with Crippen LogP contribution in [0.5, 0.6) is 5.75 Å². The first kappa shape index (κ1) is 12.9. The maximum absolute atomic E-state index is 11.6. The Bertz CT molecular complexity index is 495. The van der Waals surface area contributed by atoms with E-state index in [0.717, 1.165) is 0 Å². The lowest BCUT2D eigenvalue weighted by Gasteiger charge is -2.13. The Balaban J connectivity index is 2.93. The van der Waals surface area contributed by atoms with Gasteiger partial charge in [0.1, 0.15) is 10.4 Å². The molecule has 0 saturated heterocycles. The highest BCUT2D eigenvalue weighted by Gasteiger charge is 2.26. The second kappa shape index (κ2) is 5.22. The lowest BCUT2D eigenvalue weighted by molar-refractivity contribution is 0.397. The van der Waals surface area contributed by atoms with Crippen molar-refractivity contribution < 1.29 is 14.0 Å². The zero-order valence-electron chi connectivity index (χ0n) is 8.58. The predicted molar refractivity (Wildman–Crippen MR) is 64.5 cm³/mol. The van der Waals surface area contributed by atoms with Crippen LogP contribution in [0.3, 0.4) is 0 Å². The quantitative estimate of drug-likeness (QED) is 0.661. The van der Waals surface area contributed by atoms with E-state index in [1.54, 1.807) is 19.1 Å². The summed E-state index contributed by atoms with van der Waals surface area (Å²) >= 11 is 4.75. The van der Waals surface area contributed by atoms with Crippen LogP contribution < -0.4 is 4.52 Å². The highest BCUT2D eigenvalue weighted by atomic mass is 32.1. The van der Waals surface area contributed by atoms with E-state index < -0.39 is 7.60 Å². The first-order valence-electron chi connectivity index (χ1n) is 4.55. The summed E-state index contributed by atoms with van der Waals surface area (Å²) in [6, 6.07) is 7.95. The lowest BCUT2D eigenvalue weighted by atomic mass is 10.2. The second-order valence-corrected chi connectivity index (χ2v) is 5.56. The molecule has 1 unspecified atom stereocenters. The van der Waals surface area contributed by atoms with E-state index in [9.17, 15) is 9.46 Å². The maximum atomic E-state index is 11.6. The smallest absolute Gasteiger partial charge is 0.414 e. The summed E-state index contributed by atoms with van der Waals surface area (Å²) < 4.78 is 16.5. The standard InChI is InChI=1S/C10H10NO3PS/c1-2-10(16)15(12,13)14-9-5-3-4-8(6-9)7-11/h3-6H,2H2,1H3,(H,12,13). The number of hydrogen-bond acceptors (Lipinski definition) is 4. The van der Waals surface area contributed by atoms with Gasteiger partial charge in [-0.05, 0) is 24.6 Å². The molecular weight excluding hydrogens is 245 g/mol. The molecule has 0 aliphatic heterocycles. The van der Waals surface area contributed by atoms with Gasteiger partial charge in [-0.3, -0.25) is 0 Å². The molecule has 0 radical (unpaired) electrons. The molecule has 0 bridgehead atoms. The van der Waals surface area contributed by atoms with Crippen LogP contribution in [0, 0.1) is 11.3 Å². The third kappa shape index (κ3) is 3.14. The molecule has 6 heteroatoms. The molecule has 0 heterocycles. The molecule has 1 aromatic carbocycles. The molecule has 0 aliphatic carbocycles. The van der Waals surface area contributed by atoms with Gasteiger partial charge in [-0.25, -0.2) is 4.57 Å². The minimum atomic E-state index is -3.91. The Labute approximate surface area is 99.0 Å². The number of nitrogens with zero attached hydrogens (tertiary/aromatic N) is 1. The molecule has 1 aromatic rings. The normalized spacial score (nSPS) is 13.6. The molecular formula is C10H10NO3PS. The number of hydrogen-bond donors (Lipinski definition) is 1. The summed E-state index contributed by atoms with van der Waals surface area (Å²) in [5.41, 5.74) is 0.361. The van der Waals surface area contributed by atoms with Crippen LogP contribution in [0.4, 0.5) is 0 Å². The third-order valence-electron chi connectivity index (χ3n) is 1.81. The number of rotatable bonds is 4. The van der Waals surface area contributed by atoms with Crippen LogP contribution in [0.15, 0.2) is 24.3 Å². The summed E-state index contributed by atoms with van der Waals surface area (Å²) in [4.78, 5) is 9.51. The van der Waals surface area contributed by atoms with E-state index in [1.165, 1.54) is 12.1 Å². The van der Waals surface area contributed by atoms with Crippen LogP contribution >= 0.6 is 19.8 Å². The van der Waals surface area contributed by atoms with Crippen molar-refractivity contribution in [3.63, 3.8) is 0 Å². The fourth-order valence-electron chi connectivity index (χ4n) is 1.02. The zero-order valence-corrected chi connectivity index (χ0v) is 10.3. The Morgan fingerprint density at radius 1 is 1.69 bits per heavy atom. The summed E-state index contributed by atoms with van der Waals surface area (Å²) in [6.45, 7) is 1.68. The van der Waals surface area contributed by atoms with E-state index in [-0.39, 0.29) is 10.4 Å². The maximum Gasteiger partial charge on any atom is 0.414 e. The topological polar surface area (TPSA) is 70.3 Å². The second-order valence-electron chi connectivity index (χ2n) is 3.00. The molecule has 0 fully saturated rings. The van der Waals surface area contributed by atoms with Crippen molar-refractivity contribution >= 4 is 24.4 Å². The van der Waals surface area contributed by atoms with Crippen LogP contribution in [-0.2, 0) is 4.57 Å². The average molecular weight is 255 g/mol. The van der Waals surface area contributed by atoms with Gasteiger partial charge in [-0.2, -0.15) is 5.26 Å². The van der Waals surface area contributed by atoms with Gasteiger partial charge in [0.25, 0.3) is 0 Å². The van der Waals surface area contributed by atoms with Gasteiger partial charge in [0.15, 0.2) is 0 Å². The van der Waals surface area contributed by atoms with Crippen molar-refractivity contribution in [3.8, 4) is 11.8 Å². The molecule has 16 heavy (non-hydrogen) atoms. The first-order chi connectivity index (χ1) is 7.49. The van der Waals surface area contributed by atoms with Crippen molar-refractivity contribution in [2.45, 2.75) is 13.3 Å². The van der Waals surface area contributed by atoms with E-state index in [4.69, 9.17) is 22.0 Å². The van der Waals surface area contributed by atoms with E-state index in [1.807, 2.05) is 6.07 Å². The summed E-state index contributed by atoms with van der Waals surface area (Å²) in [7, 11) is -3.91. The van der Waals surface area contributed by atoms with Crippen molar-refractivity contribution in [1.82, 2.24) is 0 Å². The highest BCUT2D eigenvalue weighted by molar-refractivity contribution is 7.97. The van der Waals surface area contributed by atoms with Gasteiger partial charge < -0.3 is 9.42 Å². The zero-order chi connectivity index (χ0) is 12.2. The van der Waals surface area contributed by atoms with E-state index in [2.05, 4.69) is 0 Å². The molecule has 0 aromatic heterocycles. The van der Waals surface area contributed by atoms with Crippen molar-refractivity contribution in [1.29, 1.82) is 5.26 Å². The molecule has 84 valence electrons. The minimum Gasteiger partial charge on any atom is -0.421 e. The van der Waals surface area contributed by atoms with Crippen molar-refractivity contribution in [2.24, 2.45) is 0 Å². The Morgan fingerprint density at radius 3 is 2.94 bits per heavy atom. The van der Waals surface area contributed by atoms with Gasteiger partial charge in [0, 0.05) is 0 Å². The Kier molecular flexibility index (Phi) is 4.19. The van der Waals surface area contributed by atoms with Crippen molar-refractivity contribution in [2.75, 3.05) is 0 Å². The van der Waals surface area contributed by atoms with E-state index in [0.29, 0.717) is 12.0 Å². The van der Waals surface area contributed by atoms with Gasteiger partial charge in [0.2, 0.25) is 0 Å². The van der Waals surface area contributed by atoms with Crippen LogP contribution in [0.2, 0.25) is 0 Å². The Hall–Kier alpha value is -1.21. The molecule has 0 spiro atoms. The van der Waals surface area contributed by atoms with Gasteiger partial charge in [-0.15, -0.1) is 0 Å². The molecule has 0 aliphatic rings. The average Bonchev–Trinajstić information content (AvgIpc) is 2.27.